The van der Waals surface area contributed by atoms with Gasteiger partial charge in [0.2, 0.25) is 0 Å². The molecule has 2 nitrogen and oxygen atoms in total. The molecule has 0 radical (unpaired) electrons. The number of aryl methyl sites for hydroxylation is 1. The normalized spacial score (nSPS) is 14.4. The highest BCUT2D eigenvalue weighted by atomic mass is 35.5. The first kappa shape index (κ1) is 16.0. The van der Waals surface area contributed by atoms with E-state index in [-0.39, 0.29) is 0 Å². The zero-order valence-electron chi connectivity index (χ0n) is 13.8. The fourth-order valence-corrected chi connectivity index (χ4v) is 3.32. The van der Waals surface area contributed by atoms with Gasteiger partial charge < -0.3 is 9.47 Å². The molecule has 0 bridgehead atoms. The first-order valence-corrected chi connectivity index (χ1v) is 9.03. The molecule has 0 fully saturated rings. The van der Waals surface area contributed by atoms with Crippen LogP contribution in [0.1, 0.15) is 23.1 Å². The van der Waals surface area contributed by atoms with E-state index in [1.165, 1.54) is 5.56 Å². The molecule has 0 amide bonds. The van der Waals surface area contributed by atoms with Crippen LogP contribution in [0.5, 0.6) is 11.5 Å². The highest BCUT2D eigenvalue weighted by Crippen LogP contribution is 2.47. The topological polar surface area (TPSA) is 18.5 Å². The van der Waals surface area contributed by atoms with Crippen molar-refractivity contribution < 1.29 is 9.47 Å². The van der Waals surface area contributed by atoms with Gasteiger partial charge in [0.25, 0.3) is 0 Å². The van der Waals surface area contributed by atoms with Crippen LogP contribution in [0.15, 0.2) is 78.9 Å². The standard InChI is InChI=1S/C22H19ClO2/c23-15-7-8-17-13-14-20-21(16-17)25-22(24-20,18-9-3-1-4-10-18)19-11-5-2-6-12-19/h1-6,9-14,16H,7-8,15H2. The summed E-state index contributed by atoms with van der Waals surface area (Å²) in [5, 5.41) is 0. The van der Waals surface area contributed by atoms with Gasteiger partial charge in [0, 0.05) is 17.0 Å². The largest absolute Gasteiger partial charge is 0.440 e. The summed E-state index contributed by atoms with van der Waals surface area (Å²) in [7, 11) is 0. The Morgan fingerprint density at radius 2 is 1.32 bits per heavy atom. The van der Waals surface area contributed by atoms with Crippen molar-refractivity contribution in [1.29, 1.82) is 0 Å². The van der Waals surface area contributed by atoms with Gasteiger partial charge in [-0.25, -0.2) is 0 Å². The summed E-state index contributed by atoms with van der Waals surface area (Å²) in [5.41, 5.74) is 3.15. The minimum atomic E-state index is -0.948. The van der Waals surface area contributed by atoms with Crippen molar-refractivity contribution >= 4 is 11.6 Å². The van der Waals surface area contributed by atoms with E-state index in [4.69, 9.17) is 21.1 Å². The van der Waals surface area contributed by atoms with Crippen molar-refractivity contribution in [3.63, 3.8) is 0 Å². The lowest BCUT2D eigenvalue weighted by atomic mass is 9.97. The summed E-state index contributed by atoms with van der Waals surface area (Å²) in [4.78, 5) is 0. The smallest absolute Gasteiger partial charge is 0.305 e. The Labute approximate surface area is 153 Å². The molecule has 3 aromatic carbocycles. The molecule has 0 saturated carbocycles. The van der Waals surface area contributed by atoms with Crippen LogP contribution in [0.4, 0.5) is 0 Å². The minimum absolute atomic E-state index is 0.659. The van der Waals surface area contributed by atoms with Crippen molar-refractivity contribution in [3.8, 4) is 11.5 Å². The van der Waals surface area contributed by atoms with Crippen molar-refractivity contribution in [2.75, 3.05) is 5.88 Å². The Kier molecular flexibility index (Phi) is 4.37. The number of fused-ring (bicyclic) bond motifs is 1. The molecule has 0 unspecified atom stereocenters. The second kappa shape index (κ2) is 6.81. The quantitative estimate of drug-likeness (QED) is 0.563. The lowest BCUT2D eigenvalue weighted by molar-refractivity contribution is -0.0459. The summed E-state index contributed by atoms with van der Waals surface area (Å²) in [6, 6.07) is 26.3. The first-order valence-electron chi connectivity index (χ1n) is 8.50. The minimum Gasteiger partial charge on any atom is -0.440 e. The predicted molar refractivity (Wildman–Crippen MR) is 100 cm³/mol. The van der Waals surface area contributed by atoms with E-state index in [1.54, 1.807) is 0 Å². The van der Waals surface area contributed by atoms with Gasteiger partial charge >= 0.3 is 5.79 Å². The van der Waals surface area contributed by atoms with Gasteiger partial charge in [0.05, 0.1) is 0 Å². The Hall–Kier alpha value is -2.45. The number of benzene rings is 3. The maximum absolute atomic E-state index is 6.43. The van der Waals surface area contributed by atoms with E-state index < -0.39 is 5.79 Å². The van der Waals surface area contributed by atoms with Gasteiger partial charge in [-0.2, -0.15) is 0 Å². The van der Waals surface area contributed by atoms with E-state index in [1.807, 2.05) is 66.7 Å². The average molecular weight is 351 g/mol. The molecule has 1 heterocycles. The molecule has 1 aliphatic heterocycles. The van der Waals surface area contributed by atoms with E-state index in [0.717, 1.165) is 35.5 Å². The number of hydrogen-bond acceptors (Lipinski definition) is 2. The van der Waals surface area contributed by atoms with Crippen LogP contribution in [0.3, 0.4) is 0 Å². The zero-order valence-corrected chi connectivity index (χ0v) is 14.6. The molecule has 1 aliphatic rings. The second-order valence-corrected chi connectivity index (χ2v) is 6.50. The summed E-state index contributed by atoms with van der Waals surface area (Å²) >= 11 is 5.82. The fraction of sp³-hybridized carbons (Fsp3) is 0.182. The average Bonchev–Trinajstić information content (AvgIpc) is 3.08. The molecule has 126 valence electrons. The maximum Gasteiger partial charge on any atom is 0.305 e. The lowest BCUT2D eigenvalue weighted by Crippen LogP contribution is -2.36. The molecule has 3 heteroatoms. The lowest BCUT2D eigenvalue weighted by Gasteiger charge is -2.28. The molecule has 0 spiro atoms. The summed E-state index contributed by atoms with van der Waals surface area (Å²) in [6.07, 6.45) is 1.88. The summed E-state index contributed by atoms with van der Waals surface area (Å²) < 4.78 is 12.8. The molecular weight excluding hydrogens is 332 g/mol. The maximum atomic E-state index is 6.43. The molecule has 0 aromatic heterocycles. The van der Waals surface area contributed by atoms with Crippen molar-refractivity contribution in [2.24, 2.45) is 0 Å². The molecular formula is C22H19ClO2. The Morgan fingerprint density at radius 1 is 0.720 bits per heavy atom. The third-order valence-corrected chi connectivity index (χ3v) is 4.69. The van der Waals surface area contributed by atoms with Gasteiger partial charge in [-0.15, -0.1) is 11.6 Å². The number of alkyl halides is 1. The molecule has 3 aromatic rings. The number of ether oxygens (including phenoxy) is 2. The van der Waals surface area contributed by atoms with Crippen molar-refractivity contribution in [3.05, 3.63) is 95.6 Å². The molecule has 25 heavy (non-hydrogen) atoms. The number of hydrogen-bond donors (Lipinski definition) is 0. The first-order chi connectivity index (χ1) is 12.3. The highest BCUT2D eigenvalue weighted by Gasteiger charge is 2.45. The molecule has 0 atom stereocenters. The summed E-state index contributed by atoms with van der Waals surface area (Å²) in [6.45, 7) is 0. The number of halogens is 1. The van der Waals surface area contributed by atoms with Crippen LogP contribution in [0.25, 0.3) is 0 Å². The summed E-state index contributed by atoms with van der Waals surface area (Å²) in [5.74, 6) is 1.25. The van der Waals surface area contributed by atoms with Crippen LogP contribution in [0.2, 0.25) is 0 Å². The van der Waals surface area contributed by atoms with Crippen molar-refractivity contribution in [1.82, 2.24) is 0 Å². The van der Waals surface area contributed by atoms with Gasteiger partial charge in [0.15, 0.2) is 11.5 Å². The Bertz CT molecular complexity index is 807. The van der Waals surface area contributed by atoms with Gasteiger partial charge in [-0.1, -0.05) is 66.7 Å². The van der Waals surface area contributed by atoms with Gasteiger partial charge in [-0.05, 0) is 30.5 Å². The van der Waals surface area contributed by atoms with Gasteiger partial charge in [-0.3, -0.25) is 0 Å². The van der Waals surface area contributed by atoms with Crippen LogP contribution in [-0.4, -0.2) is 5.88 Å². The third-order valence-electron chi connectivity index (χ3n) is 4.42. The van der Waals surface area contributed by atoms with Crippen LogP contribution < -0.4 is 9.47 Å². The van der Waals surface area contributed by atoms with E-state index in [9.17, 15) is 0 Å². The van der Waals surface area contributed by atoms with E-state index >= 15 is 0 Å². The van der Waals surface area contributed by atoms with Crippen LogP contribution in [-0.2, 0) is 12.2 Å². The predicted octanol–water partition coefficient (Wildman–Crippen LogP) is 5.53. The van der Waals surface area contributed by atoms with Crippen LogP contribution >= 0.6 is 11.6 Å². The van der Waals surface area contributed by atoms with Gasteiger partial charge in [0.1, 0.15) is 0 Å². The molecule has 4 rings (SSSR count). The van der Waals surface area contributed by atoms with Crippen molar-refractivity contribution in [2.45, 2.75) is 18.6 Å². The van der Waals surface area contributed by atoms with Crippen LogP contribution in [0, 0.1) is 0 Å². The molecule has 0 aliphatic carbocycles. The SMILES string of the molecule is ClCCCc1ccc2c(c1)OC(c1ccccc1)(c1ccccc1)O2. The molecule has 0 saturated heterocycles. The van der Waals surface area contributed by atoms with E-state index in [0.29, 0.717) is 5.88 Å². The Balaban J connectivity index is 1.76. The zero-order chi connectivity index (χ0) is 17.1. The highest BCUT2D eigenvalue weighted by molar-refractivity contribution is 6.17. The fourth-order valence-electron chi connectivity index (χ4n) is 3.19. The Morgan fingerprint density at radius 3 is 1.92 bits per heavy atom. The molecule has 0 N–H and O–H groups in total. The monoisotopic (exact) mass is 350 g/mol. The second-order valence-electron chi connectivity index (χ2n) is 6.13. The third kappa shape index (κ3) is 2.98. The van der Waals surface area contributed by atoms with E-state index in [2.05, 4.69) is 12.1 Å². The number of rotatable bonds is 5.